The Kier molecular flexibility index (Phi) is 7.59. The van der Waals surface area contributed by atoms with Gasteiger partial charge in [0.05, 0.1) is 0 Å². The fourth-order valence-corrected chi connectivity index (χ4v) is 2.36. The minimum absolute atomic E-state index is 0.0142. The number of aromatic hydroxyl groups is 1. The summed E-state index contributed by atoms with van der Waals surface area (Å²) >= 11 is 0. The molecule has 1 rings (SSSR count). The van der Waals surface area contributed by atoms with Crippen LogP contribution in [0.1, 0.15) is 56.7 Å². The first kappa shape index (κ1) is 20.8. The highest BCUT2D eigenvalue weighted by atomic mass is 16.5. The van der Waals surface area contributed by atoms with E-state index in [4.69, 9.17) is 0 Å². The Labute approximate surface area is 143 Å². The van der Waals surface area contributed by atoms with Crippen molar-refractivity contribution in [2.45, 2.75) is 71.4 Å². The van der Waals surface area contributed by atoms with E-state index in [2.05, 4.69) is 17.6 Å². The van der Waals surface area contributed by atoms with Crippen LogP contribution >= 0.6 is 0 Å². The summed E-state index contributed by atoms with van der Waals surface area (Å²) in [5, 5.41) is 52.7. The van der Waals surface area contributed by atoms with E-state index in [1.54, 1.807) is 6.07 Å². The van der Waals surface area contributed by atoms with E-state index in [0.717, 1.165) is 36.8 Å². The van der Waals surface area contributed by atoms with Crippen molar-refractivity contribution in [1.29, 1.82) is 0 Å². The molecule has 0 aliphatic heterocycles. The predicted molar refractivity (Wildman–Crippen MR) is 90.7 cm³/mol. The van der Waals surface area contributed by atoms with E-state index in [1.165, 1.54) is 13.8 Å². The van der Waals surface area contributed by atoms with Crippen molar-refractivity contribution in [2.75, 3.05) is 0 Å². The summed E-state index contributed by atoms with van der Waals surface area (Å²) < 4.78 is 0. The number of rotatable bonds is 10. The lowest BCUT2D eigenvalue weighted by Gasteiger charge is -2.21. The van der Waals surface area contributed by atoms with E-state index < -0.39 is 11.8 Å². The molecule has 0 bridgehead atoms. The molecule has 0 atom stereocenters. The lowest BCUT2D eigenvalue weighted by atomic mass is 9.97. The average Bonchev–Trinajstić information content (AvgIpc) is 2.44. The Balaban J connectivity index is 2.97. The lowest BCUT2D eigenvalue weighted by molar-refractivity contribution is -0.171. The molecule has 0 fully saturated rings. The summed E-state index contributed by atoms with van der Waals surface area (Å²) in [4.78, 5) is 0. The van der Waals surface area contributed by atoms with Crippen LogP contribution in [-0.4, -0.2) is 37.4 Å². The van der Waals surface area contributed by atoms with Crippen LogP contribution in [0.15, 0.2) is 12.1 Å². The highest BCUT2D eigenvalue weighted by molar-refractivity contribution is 5.42. The van der Waals surface area contributed by atoms with Crippen LogP contribution in [0.5, 0.6) is 5.75 Å². The molecule has 0 aliphatic carbocycles. The molecular formula is C17H30N2O5. The number of benzene rings is 1. The Morgan fingerprint density at radius 1 is 0.833 bits per heavy atom. The second-order valence-electron chi connectivity index (χ2n) is 6.46. The Morgan fingerprint density at radius 2 is 1.38 bits per heavy atom. The van der Waals surface area contributed by atoms with Crippen LogP contribution in [0.2, 0.25) is 0 Å². The predicted octanol–water partition coefficient (Wildman–Crippen LogP) is 0.621. The largest absolute Gasteiger partial charge is 0.508 e. The number of unbranched alkanes of at least 4 members (excludes halogenated alkanes) is 2. The van der Waals surface area contributed by atoms with Crippen LogP contribution in [-0.2, 0) is 19.5 Å². The van der Waals surface area contributed by atoms with Gasteiger partial charge in [0.15, 0.2) is 0 Å². The molecule has 0 aliphatic rings. The summed E-state index contributed by atoms with van der Waals surface area (Å²) in [7, 11) is 0. The van der Waals surface area contributed by atoms with Crippen molar-refractivity contribution in [3.63, 3.8) is 0 Å². The van der Waals surface area contributed by atoms with Gasteiger partial charge < -0.3 is 25.5 Å². The second kappa shape index (κ2) is 8.75. The minimum atomic E-state index is -2.02. The molecule has 7 N–H and O–H groups in total. The number of aliphatic hydroxyl groups is 4. The van der Waals surface area contributed by atoms with Crippen LogP contribution in [0.3, 0.4) is 0 Å². The van der Waals surface area contributed by atoms with E-state index >= 15 is 0 Å². The van der Waals surface area contributed by atoms with Gasteiger partial charge in [-0.3, -0.25) is 10.6 Å². The fourth-order valence-electron chi connectivity index (χ4n) is 2.36. The Morgan fingerprint density at radius 3 is 1.88 bits per heavy atom. The first-order valence-corrected chi connectivity index (χ1v) is 8.25. The van der Waals surface area contributed by atoms with Crippen molar-refractivity contribution in [1.82, 2.24) is 10.6 Å². The highest BCUT2D eigenvalue weighted by Gasteiger charge is 2.18. The third kappa shape index (κ3) is 8.05. The molecule has 0 amide bonds. The van der Waals surface area contributed by atoms with Gasteiger partial charge >= 0.3 is 0 Å². The van der Waals surface area contributed by atoms with E-state index in [0.29, 0.717) is 5.56 Å². The molecule has 1 aromatic carbocycles. The molecule has 138 valence electrons. The van der Waals surface area contributed by atoms with Crippen LogP contribution in [0, 0.1) is 0 Å². The first-order chi connectivity index (χ1) is 11.0. The number of hydrogen-bond acceptors (Lipinski definition) is 7. The molecule has 0 saturated carbocycles. The van der Waals surface area contributed by atoms with E-state index in [-0.39, 0.29) is 18.8 Å². The van der Waals surface area contributed by atoms with Gasteiger partial charge in [0.2, 0.25) is 11.8 Å². The third-order valence-corrected chi connectivity index (χ3v) is 3.68. The fraction of sp³-hybridized carbons (Fsp3) is 0.647. The van der Waals surface area contributed by atoms with Crippen LogP contribution < -0.4 is 10.6 Å². The molecule has 0 spiro atoms. The molecule has 7 heteroatoms. The number of aryl methyl sites for hydroxylation is 1. The van der Waals surface area contributed by atoms with Gasteiger partial charge in [-0.15, -0.1) is 0 Å². The second-order valence-corrected chi connectivity index (χ2v) is 6.46. The molecule has 0 aromatic heterocycles. The molecule has 1 aromatic rings. The smallest absolute Gasteiger partial charge is 0.219 e. The standard InChI is InChI=1S/C17H30N2O5/c1-4-5-6-7-12-8-14(11-19-17(3,23)24)15(20)9-13(12)10-18-16(2,21)22/h8-9,18-24H,4-7,10-11H2,1-3H3. The van der Waals surface area contributed by atoms with Crippen molar-refractivity contribution in [2.24, 2.45) is 0 Å². The van der Waals surface area contributed by atoms with Crippen LogP contribution in [0.4, 0.5) is 0 Å². The van der Waals surface area contributed by atoms with Crippen molar-refractivity contribution >= 4 is 0 Å². The number of nitrogens with one attached hydrogen (secondary N) is 2. The molecule has 24 heavy (non-hydrogen) atoms. The van der Waals surface area contributed by atoms with Gasteiger partial charge in [-0.1, -0.05) is 25.8 Å². The maximum absolute atomic E-state index is 10.2. The minimum Gasteiger partial charge on any atom is -0.508 e. The van der Waals surface area contributed by atoms with E-state index in [9.17, 15) is 25.5 Å². The van der Waals surface area contributed by atoms with Crippen molar-refractivity contribution in [3.05, 3.63) is 28.8 Å². The maximum Gasteiger partial charge on any atom is 0.219 e. The van der Waals surface area contributed by atoms with Gasteiger partial charge in [0.25, 0.3) is 0 Å². The number of hydrogen-bond donors (Lipinski definition) is 7. The Bertz CT molecular complexity index is 521. The zero-order valence-electron chi connectivity index (χ0n) is 14.6. The average molecular weight is 342 g/mol. The van der Waals surface area contributed by atoms with Crippen molar-refractivity contribution in [3.8, 4) is 5.75 Å². The quantitative estimate of drug-likeness (QED) is 0.245. The topological polar surface area (TPSA) is 125 Å². The Hall–Kier alpha value is -1.22. The molecule has 0 saturated heterocycles. The SMILES string of the molecule is CCCCCc1cc(CNC(C)(O)O)c(O)cc1CNC(C)(O)O. The monoisotopic (exact) mass is 342 g/mol. The van der Waals surface area contributed by atoms with Crippen molar-refractivity contribution < 1.29 is 25.5 Å². The third-order valence-electron chi connectivity index (χ3n) is 3.68. The zero-order valence-corrected chi connectivity index (χ0v) is 14.6. The summed E-state index contributed by atoms with van der Waals surface area (Å²) in [5.74, 6) is -4.00. The lowest BCUT2D eigenvalue weighted by Crippen LogP contribution is -2.41. The molecular weight excluding hydrogens is 312 g/mol. The summed E-state index contributed by atoms with van der Waals surface area (Å²) in [6.07, 6.45) is 3.93. The molecule has 0 radical (unpaired) electrons. The first-order valence-electron chi connectivity index (χ1n) is 8.25. The zero-order chi connectivity index (χ0) is 18.4. The normalized spacial score (nSPS) is 12.6. The van der Waals surface area contributed by atoms with Crippen LogP contribution in [0.25, 0.3) is 0 Å². The van der Waals surface area contributed by atoms with Gasteiger partial charge in [-0.25, -0.2) is 0 Å². The van der Waals surface area contributed by atoms with Gasteiger partial charge in [0.1, 0.15) is 5.75 Å². The van der Waals surface area contributed by atoms with Gasteiger partial charge in [0, 0.05) is 32.5 Å². The number of phenolic OH excluding ortho intramolecular Hbond substituents is 1. The molecule has 7 nitrogen and oxygen atoms in total. The highest BCUT2D eigenvalue weighted by Crippen LogP contribution is 2.25. The maximum atomic E-state index is 10.2. The van der Waals surface area contributed by atoms with E-state index in [1.807, 2.05) is 6.07 Å². The summed E-state index contributed by atoms with van der Waals surface area (Å²) in [6.45, 7) is 4.84. The molecule has 0 unspecified atom stereocenters. The van der Waals surface area contributed by atoms with Gasteiger partial charge in [-0.05, 0) is 30.0 Å². The summed E-state index contributed by atoms with van der Waals surface area (Å²) in [6, 6.07) is 3.38. The summed E-state index contributed by atoms with van der Waals surface area (Å²) in [5.41, 5.74) is 2.31. The van der Waals surface area contributed by atoms with Gasteiger partial charge in [-0.2, -0.15) is 0 Å². The number of phenols is 1. The molecule has 0 heterocycles.